The molecule has 1 aliphatic rings. The Morgan fingerprint density at radius 2 is 2.10 bits per heavy atom. The number of hydrogen-bond donors (Lipinski definition) is 2. The first-order valence-corrected chi connectivity index (χ1v) is 7.00. The lowest BCUT2D eigenvalue weighted by Gasteiger charge is -2.38. The van der Waals surface area contributed by atoms with Crippen molar-refractivity contribution in [2.75, 3.05) is 36.8 Å². The zero-order valence-corrected chi connectivity index (χ0v) is 12.0. The number of piperazine rings is 1. The predicted molar refractivity (Wildman–Crippen MR) is 79.1 cm³/mol. The molecule has 1 unspecified atom stereocenters. The number of carboxylic acids is 1. The number of rotatable bonds is 4. The molecule has 6 heteroatoms. The molecule has 0 radical (unpaired) electrons. The van der Waals surface area contributed by atoms with Crippen LogP contribution < -0.4 is 10.6 Å². The van der Waals surface area contributed by atoms with E-state index in [1.165, 1.54) is 12.3 Å². The maximum atomic E-state index is 10.9. The van der Waals surface area contributed by atoms with Crippen LogP contribution in [0.2, 0.25) is 0 Å². The molecule has 3 N–H and O–H groups in total. The number of nitrogen functional groups attached to an aromatic ring is 1. The minimum atomic E-state index is -1.00. The highest BCUT2D eigenvalue weighted by Crippen LogP contribution is 2.23. The number of carbonyl (C=O) groups is 1. The van der Waals surface area contributed by atoms with Gasteiger partial charge in [0, 0.05) is 38.4 Å². The Morgan fingerprint density at radius 3 is 2.60 bits per heavy atom. The zero-order chi connectivity index (χ0) is 14.7. The van der Waals surface area contributed by atoms with Crippen LogP contribution in [0.15, 0.2) is 12.3 Å². The molecule has 0 saturated carbocycles. The Hall–Kier alpha value is -1.82. The van der Waals surface area contributed by atoms with E-state index in [-0.39, 0.29) is 5.56 Å². The van der Waals surface area contributed by atoms with Crippen molar-refractivity contribution in [2.24, 2.45) is 0 Å². The third-order valence-electron chi connectivity index (χ3n) is 3.97. The summed E-state index contributed by atoms with van der Waals surface area (Å²) in [6.45, 7) is 8.14. The van der Waals surface area contributed by atoms with E-state index in [2.05, 4.69) is 28.6 Å². The molecular weight excluding hydrogens is 256 g/mol. The Bertz CT molecular complexity index is 484. The molecule has 1 aliphatic heterocycles. The van der Waals surface area contributed by atoms with Gasteiger partial charge in [0.2, 0.25) is 0 Å². The van der Waals surface area contributed by atoms with E-state index >= 15 is 0 Å². The fourth-order valence-electron chi connectivity index (χ4n) is 2.49. The molecule has 1 atom stereocenters. The normalized spacial score (nSPS) is 18.0. The van der Waals surface area contributed by atoms with Gasteiger partial charge in [0.05, 0.1) is 11.3 Å². The van der Waals surface area contributed by atoms with Gasteiger partial charge in [-0.3, -0.25) is 4.90 Å². The van der Waals surface area contributed by atoms with Crippen LogP contribution in [0.3, 0.4) is 0 Å². The van der Waals surface area contributed by atoms with E-state index in [0.717, 1.165) is 32.6 Å². The summed E-state index contributed by atoms with van der Waals surface area (Å²) in [4.78, 5) is 19.7. The molecule has 0 amide bonds. The molecule has 110 valence electrons. The summed E-state index contributed by atoms with van der Waals surface area (Å²) < 4.78 is 0. The number of aromatic carboxylic acids is 1. The summed E-state index contributed by atoms with van der Waals surface area (Å²) in [6.07, 6.45) is 2.52. The van der Waals surface area contributed by atoms with E-state index in [1.54, 1.807) is 0 Å². The minimum absolute atomic E-state index is 0.129. The van der Waals surface area contributed by atoms with Crippen LogP contribution in [0.1, 0.15) is 30.6 Å². The highest BCUT2D eigenvalue weighted by Gasteiger charge is 2.22. The second-order valence-corrected chi connectivity index (χ2v) is 5.22. The molecule has 0 bridgehead atoms. The number of anilines is 2. The van der Waals surface area contributed by atoms with Crippen molar-refractivity contribution in [3.8, 4) is 0 Å². The van der Waals surface area contributed by atoms with Crippen LogP contribution in [0, 0.1) is 0 Å². The number of aromatic nitrogens is 1. The summed E-state index contributed by atoms with van der Waals surface area (Å²) in [5.74, 6) is -0.309. The van der Waals surface area contributed by atoms with Gasteiger partial charge < -0.3 is 15.7 Å². The van der Waals surface area contributed by atoms with E-state index < -0.39 is 5.97 Å². The first kappa shape index (κ1) is 14.6. The number of pyridine rings is 1. The average molecular weight is 278 g/mol. The quantitative estimate of drug-likeness (QED) is 0.863. The Kier molecular flexibility index (Phi) is 4.44. The smallest absolute Gasteiger partial charge is 0.337 e. The van der Waals surface area contributed by atoms with Gasteiger partial charge in [-0.25, -0.2) is 9.78 Å². The summed E-state index contributed by atoms with van der Waals surface area (Å²) in [5.41, 5.74) is 6.49. The topological polar surface area (TPSA) is 82.7 Å². The zero-order valence-electron chi connectivity index (χ0n) is 12.0. The Balaban J connectivity index is 2.05. The van der Waals surface area contributed by atoms with E-state index in [9.17, 15) is 4.79 Å². The number of carboxylic acid groups (broad SMARTS) is 1. The van der Waals surface area contributed by atoms with E-state index in [4.69, 9.17) is 10.8 Å². The predicted octanol–water partition coefficient (Wildman–Crippen LogP) is 1.28. The molecule has 0 spiro atoms. The van der Waals surface area contributed by atoms with Crippen LogP contribution in [-0.4, -0.2) is 53.2 Å². The summed E-state index contributed by atoms with van der Waals surface area (Å²) in [6, 6.07) is 2.07. The highest BCUT2D eigenvalue weighted by atomic mass is 16.4. The lowest BCUT2D eigenvalue weighted by Crippen LogP contribution is -2.49. The van der Waals surface area contributed by atoms with Crippen LogP contribution >= 0.6 is 0 Å². The molecule has 1 aromatic rings. The Morgan fingerprint density at radius 1 is 1.45 bits per heavy atom. The van der Waals surface area contributed by atoms with Crippen molar-refractivity contribution in [3.63, 3.8) is 0 Å². The van der Waals surface area contributed by atoms with Gasteiger partial charge in [0.25, 0.3) is 0 Å². The molecule has 6 nitrogen and oxygen atoms in total. The second-order valence-electron chi connectivity index (χ2n) is 5.22. The van der Waals surface area contributed by atoms with Crippen LogP contribution in [0.4, 0.5) is 11.5 Å². The van der Waals surface area contributed by atoms with Gasteiger partial charge in [0.1, 0.15) is 0 Å². The molecule has 20 heavy (non-hydrogen) atoms. The number of nitrogens with zero attached hydrogens (tertiary/aromatic N) is 3. The largest absolute Gasteiger partial charge is 0.478 e. The monoisotopic (exact) mass is 278 g/mol. The van der Waals surface area contributed by atoms with Gasteiger partial charge in [-0.15, -0.1) is 0 Å². The SMILES string of the molecule is CCC(C)N1CCN(c2ncc(C(=O)O)cc2N)CC1. The Labute approximate surface area is 119 Å². The van der Waals surface area contributed by atoms with Crippen molar-refractivity contribution in [1.82, 2.24) is 9.88 Å². The van der Waals surface area contributed by atoms with Crippen molar-refractivity contribution < 1.29 is 9.90 Å². The van der Waals surface area contributed by atoms with Gasteiger partial charge >= 0.3 is 5.97 Å². The molecular formula is C14H22N4O2. The standard InChI is InChI=1S/C14H22N4O2/c1-3-10(2)17-4-6-18(7-5-17)13-12(15)8-11(9-16-13)14(19)20/h8-10H,3-7,15H2,1-2H3,(H,19,20). The molecule has 1 aromatic heterocycles. The summed E-state index contributed by atoms with van der Waals surface area (Å²) in [5, 5.41) is 8.92. The first-order chi connectivity index (χ1) is 9.52. The van der Waals surface area contributed by atoms with E-state index in [1.807, 2.05) is 0 Å². The lowest BCUT2D eigenvalue weighted by atomic mass is 10.2. The maximum Gasteiger partial charge on any atom is 0.337 e. The van der Waals surface area contributed by atoms with Crippen molar-refractivity contribution in [3.05, 3.63) is 17.8 Å². The fraction of sp³-hybridized carbons (Fsp3) is 0.571. The van der Waals surface area contributed by atoms with Crippen molar-refractivity contribution >= 4 is 17.5 Å². The molecule has 2 rings (SSSR count). The van der Waals surface area contributed by atoms with Crippen LogP contribution in [0.25, 0.3) is 0 Å². The van der Waals surface area contributed by atoms with Crippen molar-refractivity contribution in [1.29, 1.82) is 0 Å². The van der Waals surface area contributed by atoms with Crippen LogP contribution in [-0.2, 0) is 0 Å². The third-order valence-corrected chi connectivity index (χ3v) is 3.97. The van der Waals surface area contributed by atoms with Crippen LogP contribution in [0.5, 0.6) is 0 Å². The molecule has 0 aliphatic carbocycles. The van der Waals surface area contributed by atoms with Gasteiger partial charge in [-0.1, -0.05) is 6.92 Å². The van der Waals surface area contributed by atoms with E-state index in [0.29, 0.717) is 17.5 Å². The van der Waals surface area contributed by atoms with Gasteiger partial charge in [0.15, 0.2) is 5.82 Å². The van der Waals surface area contributed by atoms with Gasteiger partial charge in [-0.05, 0) is 19.4 Å². The van der Waals surface area contributed by atoms with Gasteiger partial charge in [-0.2, -0.15) is 0 Å². The fourth-order valence-corrected chi connectivity index (χ4v) is 2.49. The molecule has 1 saturated heterocycles. The molecule has 1 fully saturated rings. The summed E-state index contributed by atoms with van der Waals surface area (Å²) >= 11 is 0. The third kappa shape index (κ3) is 3.01. The maximum absolute atomic E-state index is 10.9. The first-order valence-electron chi connectivity index (χ1n) is 7.00. The number of hydrogen-bond acceptors (Lipinski definition) is 5. The minimum Gasteiger partial charge on any atom is -0.478 e. The molecule has 0 aromatic carbocycles. The highest BCUT2D eigenvalue weighted by molar-refractivity contribution is 5.89. The van der Waals surface area contributed by atoms with Crippen molar-refractivity contribution in [2.45, 2.75) is 26.3 Å². The average Bonchev–Trinajstić information content (AvgIpc) is 2.46. The molecule has 2 heterocycles. The number of nitrogens with two attached hydrogens (primary N) is 1. The summed E-state index contributed by atoms with van der Waals surface area (Å²) in [7, 11) is 0. The second kappa shape index (κ2) is 6.09. The lowest BCUT2D eigenvalue weighted by molar-refractivity contribution is 0.0696.